The summed E-state index contributed by atoms with van der Waals surface area (Å²) in [6, 6.07) is 0. The molecule has 148 valence electrons. The van der Waals surface area contributed by atoms with E-state index in [1.807, 2.05) is 6.92 Å². The average Bonchev–Trinajstić information content (AvgIpc) is 2.62. The highest BCUT2D eigenvalue weighted by Crippen LogP contribution is 2.26. The Balaban J connectivity index is 1.92. The zero-order valence-electron chi connectivity index (χ0n) is 16.7. The molecule has 1 saturated heterocycles. The summed E-state index contributed by atoms with van der Waals surface area (Å²) in [5.74, 6) is -0.985. The lowest BCUT2D eigenvalue weighted by atomic mass is 10.0. The zero-order chi connectivity index (χ0) is 18.2. The summed E-state index contributed by atoms with van der Waals surface area (Å²) in [7, 11) is 0. The number of hydrogen-bond donors (Lipinski definition) is 0. The van der Waals surface area contributed by atoms with E-state index in [-0.39, 0.29) is 19.0 Å². The number of rotatable bonds is 16. The van der Waals surface area contributed by atoms with Crippen molar-refractivity contribution in [3.8, 4) is 0 Å². The predicted octanol–water partition coefficient (Wildman–Crippen LogP) is 5.77. The van der Waals surface area contributed by atoms with Gasteiger partial charge in [-0.2, -0.15) is 0 Å². The van der Waals surface area contributed by atoms with Crippen molar-refractivity contribution in [3.05, 3.63) is 0 Å². The van der Waals surface area contributed by atoms with Gasteiger partial charge in [-0.1, -0.05) is 84.0 Å². The number of ketones is 1. The topological polar surface area (TPSA) is 44.8 Å². The summed E-state index contributed by atoms with van der Waals surface area (Å²) in [6.45, 7) is 4.95. The fourth-order valence-corrected chi connectivity index (χ4v) is 3.34. The molecule has 25 heavy (non-hydrogen) atoms. The van der Waals surface area contributed by atoms with Crippen LogP contribution in [0, 0.1) is 0 Å². The standard InChI is InChI=1S/C21H40O4/c1-3-5-6-7-8-9-10-11-12-13-14-15-16-17-21(23-4-2)24-18-20(22)19-25-21/h3-19H2,1-2H3. The molecule has 0 aromatic heterocycles. The van der Waals surface area contributed by atoms with Gasteiger partial charge >= 0.3 is 0 Å². The summed E-state index contributed by atoms with van der Waals surface area (Å²) in [4.78, 5) is 11.2. The van der Waals surface area contributed by atoms with Crippen molar-refractivity contribution in [3.63, 3.8) is 0 Å². The maximum atomic E-state index is 11.2. The van der Waals surface area contributed by atoms with E-state index in [0.29, 0.717) is 13.0 Å². The molecule has 0 unspecified atom stereocenters. The summed E-state index contributed by atoms with van der Waals surface area (Å²) < 4.78 is 16.7. The van der Waals surface area contributed by atoms with Crippen molar-refractivity contribution in [1.82, 2.24) is 0 Å². The van der Waals surface area contributed by atoms with Crippen LogP contribution in [0.3, 0.4) is 0 Å². The Morgan fingerprint density at radius 1 is 0.760 bits per heavy atom. The van der Waals surface area contributed by atoms with Gasteiger partial charge in [-0.25, -0.2) is 0 Å². The van der Waals surface area contributed by atoms with Crippen LogP contribution >= 0.6 is 0 Å². The molecule has 0 radical (unpaired) electrons. The highest BCUT2D eigenvalue weighted by Gasteiger charge is 2.37. The molecule has 0 spiro atoms. The largest absolute Gasteiger partial charge is 0.328 e. The number of carbonyl (C=O) groups is 1. The molecule has 1 aliphatic heterocycles. The molecule has 0 amide bonds. The molecule has 0 N–H and O–H groups in total. The van der Waals surface area contributed by atoms with E-state index in [9.17, 15) is 4.79 Å². The predicted molar refractivity (Wildman–Crippen MR) is 102 cm³/mol. The second kappa shape index (κ2) is 14.7. The van der Waals surface area contributed by atoms with Gasteiger partial charge in [-0.15, -0.1) is 0 Å². The molecule has 1 heterocycles. The quantitative estimate of drug-likeness (QED) is 0.329. The fraction of sp³-hybridized carbons (Fsp3) is 0.952. The van der Waals surface area contributed by atoms with Crippen molar-refractivity contribution in [1.29, 1.82) is 0 Å². The number of hydrogen-bond acceptors (Lipinski definition) is 4. The van der Waals surface area contributed by atoms with E-state index in [0.717, 1.165) is 6.42 Å². The molecule has 4 heteroatoms. The van der Waals surface area contributed by atoms with Crippen LogP contribution in [0.5, 0.6) is 0 Å². The summed E-state index contributed by atoms with van der Waals surface area (Å²) in [5.41, 5.74) is 0. The Hall–Kier alpha value is -0.450. The van der Waals surface area contributed by atoms with Crippen molar-refractivity contribution in [2.45, 2.75) is 110 Å². The molecular weight excluding hydrogens is 316 g/mol. The van der Waals surface area contributed by atoms with Gasteiger partial charge in [0.25, 0.3) is 5.97 Å². The molecular formula is C21H40O4. The molecule has 0 atom stereocenters. The third-order valence-electron chi connectivity index (χ3n) is 4.86. The molecule has 1 rings (SSSR count). The normalized spacial score (nSPS) is 17.1. The molecule has 1 fully saturated rings. The smallest absolute Gasteiger partial charge is 0.283 e. The van der Waals surface area contributed by atoms with E-state index in [2.05, 4.69) is 6.92 Å². The molecule has 4 nitrogen and oxygen atoms in total. The van der Waals surface area contributed by atoms with Crippen LogP contribution in [0.1, 0.15) is 104 Å². The van der Waals surface area contributed by atoms with Crippen LogP contribution in [-0.2, 0) is 19.0 Å². The molecule has 0 bridgehead atoms. The van der Waals surface area contributed by atoms with Gasteiger partial charge in [0.05, 0.1) is 0 Å². The van der Waals surface area contributed by atoms with Crippen molar-refractivity contribution >= 4 is 5.78 Å². The Kier molecular flexibility index (Phi) is 13.3. The minimum Gasteiger partial charge on any atom is -0.328 e. The number of unbranched alkanes of at least 4 members (excludes halogenated alkanes) is 12. The lowest BCUT2D eigenvalue weighted by Crippen LogP contribution is -2.46. The van der Waals surface area contributed by atoms with Gasteiger partial charge in [0.1, 0.15) is 13.2 Å². The van der Waals surface area contributed by atoms with E-state index >= 15 is 0 Å². The SMILES string of the molecule is CCCCCCCCCCCCCCCC1(OCC)OCC(=O)CO1. The minimum atomic E-state index is -0.972. The minimum absolute atomic E-state index is 0.0132. The second-order valence-corrected chi connectivity index (χ2v) is 7.22. The third kappa shape index (κ3) is 11.0. The lowest BCUT2D eigenvalue weighted by molar-refractivity contribution is -0.388. The Morgan fingerprint density at radius 3 is 1.64 bits per heavy atom. The first-order chi connectivity index (χ1) is 12.2. The van der Waals surface area contributed by atoms with Crippen LogP contribution in [0.15, 0.2) is 0 Å². The fourth-order valence-electron chi connectivity index (χ4n) is 3.34. The second-order valence-electron chi connectivity index (χ2n) is 7.22. The van der Waals surface area contributed by atoms with Crippen molar-refractivity contribution in [2.24, 2.45) is 0 Å². The van der Waals surface area contributed by atoms with Crippen LogP contribution in [0.4, 0.5) is 0 Å². The summed E-state index contributed by atoms with van der Waals surface area (Å²) in [6.07, 6.45) is 18.0. The third-order valence-corrected chi connectivity index (χ3v) is 4.86. The number of Topliss-reactive ketones (excluding diaryl/α,β-unsaturated/α-hetero) is 1. The first-order valence-corrected chi connectivity index (χ1v) is 10.7. The van der Waals surface area contributed by atoms with Crippen LogP contribution in [0.2, 0.25) is 0 Å². The van der Waals surface area contributed by atoms with E-state index in [1.54, 1.807) is 0 Å². The van der Waals surface area contributed by atoms with Crippen molar-refractivity contribution in [2.75, 3.05) is 19.8 Å². The van der Waals surface area contributed by atoms with E-state index in [1.165, 1.54) is 77.0 Å². The van der Waals surface area contributed by atoms with Gasteiger partial charge in [0.15, 0.2) is 5.78 Å². The summed E-state index contributed by atoms with van der Waals surface area (Å²) >= 11 is 0. The van der Waals surface area contributed by atoms with Gasteiger partial charge < -0.3 is 14.2 Å². The first-order valence-electron chi connectivity index (χ1n) is 10.7. The summed E-state index contributed by atoms with van der Waals surface area (Å²) in [5, 5.41) is 0. The maximum Gasteiger partial charge on any atom is 0.283 e. The maximum absolute atomic E-state index is 11.2. The van der Waals surface area contributed by atoms with E-state index < -0.39 is 5.97 Å². The van der Waals surface area contributed by atoms with Gasteiger partial charge in [-0.3, -0.25) is 4.79 Å². The lowest BCUT2D eigenvalue weighted by Gasteiger charge is -2.35. The highest BCUT2D eigenvalue weighted by molar-refractivity contribution is 5.81. The van der Waals surface area contributed by atoms with Gasteiger partial charge in [0, 0.05) is 13.0 Å². The van der Waals surface area contributed by atoms with Crippen LogP contribution in [0.25, 0.3) is 0 Å². The first kappa shape index (κ1) is 22.6. The molecule has 0 aromatic rings. The van der Waals surface area contributed by atoms with E-state index in [4.69, 9.17) is 14.2 Å². The monoisotopic (exact) mass is 356 g/mol. The number of carbonyl (C=O) groups excluding carboxylic acids is 1. The van der Waals surface area contributed by atoms with Gasteiger partial charge in [0.2, 0.25) is 0 Å². The Bertz CT molecular complexity index is 320. The Morgan fingerprint density at radius 2 is 1.20 bits per heavy atom. The molecule has 0 aromatic carbocycles. The Labute approximate surface area is 155 Å². The average molecular weight is 357 g/mol. The van der Waals surface area contributed by atoms with Crippen LogP contribution in [-0.4, -0.2) is 31.6 Å². The van der Waals surface area contributed by atoms with Crippen LogP contribution < -0.4 is 0 Å². The molecule has 1 aliphatic rings. The molecule has 0 saturated carbocycles. The van der Waals surface area contributed by atoms with Crippen molar-refractivity contribution < 1.29 is 19.0 Å². The zero-order valence-corrected chi connectivity index (χ0v) is 16.7. The number of ether oxygens (including phenoxy) is 3. The van der Waals surface area contributed by atoms with Gasteiger partial charge in [-0.05, 0) is 13.3 Å². The highest BCUT2D eigenvalue weighted by atomic mass is 16.9. The molecule has 0 aliphatic carbocycles.